The number of carbonyl (C=O) groups excluding carboxylic acids is 2. The number of hydrogen-bond donors (Lipinski definition) is 1. The summed E-state index contributed by atoms with van der Waals surface area (Å²) in [7, 11) is 0. The number of likely N-dealkylation sites (tertiary alicyclic amines) is 1. The van der Waals surface area contributed by atoms with E-state index in [0.717, 1.165) is 12.8 Å². The number of nitrogens with one attached hydrogen (secondary N) is 1. The molecule has 0 bridgehead atoms. The summed E-state index contributed by atoms with van der Waals surface area (Å²) in [5, 5.41) is 3.48. The second-order valence-corrected chi connectivity index (χ2v) is 6.50. The van der Waals surface area contributed by atoms with Crippen molar-refractivity contribution in [3.63, 3.8) is 0 Å². The van der Waals surface area contributed by atoms with E-state index in [1.165, 1.54) is 30.6 Å². The Kier molecular flexibility index (Phi) is 5.19. The van der Waals surface area contributed by atoms with Gasteiger partial charge in [0.25, 0.3) is 0 Å². The highest BCUT2D eigenvalue weighted by molar-refractivity contribution is 6.05. The molecule has 2 fully saturated rings. The summed E-state index contributed by atoms with van der Waals surface area (Å²) in [4.78, 5) is 25.9. The third-order valence-electron chi connectivity index (χ3n) is 4.99. The molecule has 0 aromatic carbocycles. The number of carbonyl (C=O) groups is 2. The van der Waals surface area contributed by atoms with E-state index >= 15 is 0 Å². The van der Waals surface area contributed by atoms with Crippen LogP contribution in [0, 0.1) is 5.92 Å². The zero-order chi connectivity index (χ0) is 14.7. The fourth-order valence-electron chi connectivity index (χ4n) is 3.43. The molecule has 4 unspecified atom stereocenters. The summed E-state index contributed by atoms with van der Waals surface area (Å²) in [6.07, 6.45) is 7.32. The number of rotatable bonds is 4. The van der Waals surface area contributed by atoms with E-state index in [1.807, 2.05) is 13.8 Å². The van der Waals surface area contributed by atoms with Crippen LogP contribution in [0.3, 0.4) is 0 Å². The Morgan fingerprint density at radius 2 is 1.95 bits per heavy atom. The van der Waals surface area contributed by atoms with Gasteiger partial charge in [0, 0.05) is 12.1 Å². The quantitative estimate of drug-likeness (QED) is 0.636. The molecule has 4 atom stereocenters. The SMILES string of the molecule is CCC(C)N1C(=O)CC(NC2CCCCCC2C)C1=O. The Morgan fingerprint density at radius 3 is 2.65 bits per heavy atom. The number of hydrogen-bond acceptors (Lipinski definition) is 3. The van der Waals surface area contributed by atoms with Crippen LogP contribution in [0.15, 0.2) is 0 Å². The molecule has 1 N–H and O–H groups in total. The highest BCUT2D eigenvalue weighted by atomic mass is 16.2. The van der Waals surface area contributed by atoms with Gasteiger partial charge in [-0.05, 0) is 32.1 Å². The zero-order valence-corrected chi connectivity index (χ0v) is 13.0. The lowest BCUT2D eigenvalue weighted by atomic mass is 9.96. The molecule has 0 radical (unpaired) electrons. The Morgan fingerprint density at radius 1 is 1.25 bits per heavy atom. The van der Waals surface area contributed by atoms with Crippen molar-refractivity contribution < 1.29 is 9.59 Å². The molecule has 1 saturated carbocycles. The molecular formula is C16H28N2O2. The van der Waals surface area contributed by atoms with Crippen LogP contribution >= 0.6 is 0 Å². The monoisotopic (exact) mass is 280 g/mol. The van der Waals surface area contributed by atoms with E-state index < -0.39 is 0 Å². The molecule has 0 aromatic rings. The lowest BCUT2D eigenvalue weighted by Gasteiger charge is -2.26. The van der Waals surface area contributed by atoms with Crippen molar-refractivity contribution in [2.75, 3.05) is 0 Å². The van der Waals surface area contributed by atoms with Crippen molar-refractivity contribution in [3.05, 3.63) is 0 Å². The molecule has 2 aliphatic rings. The largest absolute Gasteiger partial charge is 0.302 e. The van der Waals surface area contributed by atoms with Gasteiger partial charge in [-0.1, -0.05) is 33.1 Å². The lowest BCUT2D eigenvalue weighted by Crippen LogP contribution is -2.47. The molecule has 1 heterocycles. The topological polar surface area (TPSA) is 49.4 Å². The van der Waals surface area contributed by atoms with E-state index in [0.29, 0.717) is 18.4 Å². The van der Waals surface area contributed by atoms with Crippen LogP contribution in [0.2, 0.25) is 0 Å². The molecule has 1 saturated heterocycles. The van der Waals surface area contributed by atoms with Crippen molar-refractivity contribution in [2.45, 2.75) is 83.8 Å². The molecule has 1 aliphatic carbocycles. The third kappa shape index (κ3) is 3.22. The van der Waals surface area contributed by atoms with Gasteiger partial charge in [0.15, 0.2) is 0 Å². The van der Waals surface area contributed by atoms with Gasteiger partial charge < -0.3 is 5.32 Å². The molecule has 4 heteroatoms. The molecule has 2 rings (SSSR count). The van der Waals surface area contributed by atoms with E-state index in [9.17, 15) is 9.59 Å². The molecule has 1 aliphatic heterocycles. The fraction of sp³-hybridized carbons (Fsp3) is 0.875. The summed E-state index contributed by atoms with van der Waals surface area (Å²) in [6, 6.07) is 0.117. The Hall–Kier alpha value is -0.900. The molecular weight excluding hydrogens is 252 g/mol. The minimum absolute atomic E-state index is 0.0110. The van der Waals surface area contributed by atoms with E-state index in [4.69, 9.17) is 0 Å². The highest BCUT2D eigenvalue weighted by Crippen LogP contribution is 2.25. The zero-order valence-electron chi connectivity index (χ0n) is 13.0. The van der Waals surface area contributed by atoms with Gasteiger partial charge in [-0.15, -0.1) is 0 Å². The van der Waals surface area contributed by atoms with Gasteiger partial charge in [0.05, 0.1) is 12.5 Å². The summed E-state index contributed by atoms with van der Waals surface area (Å²) in [6.45, 7) is 6.22. The van der Waals surface area contributed by atoms with Crippen LogP contribution < -0.4 is 5.32 Å². The number of amides is 2. The predicted molar refractivity (Wildman–Crippen MR) is 79.2 cm³/mol. The first kappa shape index (κ1) is 15.5. The maximum absolute atomic E-state index is 12.4. The first-order valence-electron chi connectivity index (χ1n) is 8.16. The van der Waals surface area contributed by atoms with Crippen molar-refractivity contribution in [3.8, 4) is 0 Å². The van der Waals surface area contributed by atoms with Crippen LogP contribution in [0.1, 0.15) is 65.7 Å². The average molecular weight is 280 g/mol. The Balaban J connectivity index is 1.99. The van der Waals surface area contributed by atoms with Gasteiger partial charge in [-0.3, -0.25) is 14.5 Å². The van der Waals surface area contributed by atoms with Crippen LogP contribution in [0.25, 0.3) is 0 Å². The maximum Gasteiger partial charge on any atom is 0.247 e. The lowest BCUT2D eigenvalue weighted by molar-refractivity contribution is -0.141. The summed E-state index contributed by atoms with van der Waals surface area (Å²) in [5.41, 5.74) is 0. The van der Waals surface area contributed by atoms with Crippen molar-refractivity contribution in [2.24, 2.45) is 5.92 Å². The van der Waals surface area contributed by atoms with Crippen LogP contribution in [-0.4, -0.2) is 34.8 Å². The molecule has 114 valence electrons. The van der Waals surface area contributed by atoms with Gasteiger partial charge in [-0.25, -0.2) is 0 Å². The molecule has 20 heavy (non-hydrogen) atoms. The van der Waals surface area contributed by atoms with E-state index in [2.05, 4.69) is 12.2 Å². The normalized spacial score (nSPS) is 33.4. The minimum Gasteiger partial charge on any atom is -0.302 e. The third-order valence-corrected chi connectivity index (χ3v) is 4.99. The average Bonchev–Trinajstić information content (AvgIpc) is 2.58. The maximum atomic E-state index is 12.4. The van der Waals surface area contributed by atoms with Crippen molar-refractivity contribution >= 4 is 11.8 Å². The first-order valence-corrected chi connectivity index (χ1v) is 8.16. The summed E-state index contributed by atoms with van der Waals surface area (Å²) in [5.74, 6) is 0.571. The standard InChI is InChI=1S/C16H28N2O2/c1-4-12(3)18-15(19)10-14(16(18)20)17-13-9-7-5-6-8-11(13)2/h11-14,17H,4-10H2,1-3H3. The van der Waals surface area contributed by atoms with Gasteiger partial charge >= 0.3 is 0 Å². The fourth-order valence-corrected chi connectivity index (χ4v) is 3.43. The predicted octanol–water partition coefficient (Wildman–Crippen LogP) is 2.47. The van der Waals surface area contributed by atoms with Gasteiger partial charge in [0.2, 0.25) is 11.8 Å². The summed E-state index contributed by atoms with van der Waals surface area (Å²) >= 11 is 0. The molecule has 4 nitrogen and oxygen atoms in total. The molecule has 0 spiro atoms. The second-order valence-electron chi connectivity index (χ2n) is 6.50. The van der Waals surface area contributed by atoms with Gasteiger partial charge in [-0.2, -0.15) is 0 Å². The number of imide groups is 1. The molecule has 2 amide bonds. The van der Waals surface area contributed by atoms with E-state index in [-0.39, 0.29) is 23.9 Å². The van der Waals surface area contributed by atoms with E-state index in [1.54, 1.807) is 0 Å². The van der Waals surface area contributed by atoms with Crippen molar-refractivity contribution in [1.82, 2.24) is 10.2 Å². The van der Waals surface area contributed by atoms with Crippen LogP contribution in [0.5, 0.6) is 0 Å². The molecule has 0 aromatic heterocycles. The first-order chi connectivity index (χ1) is 9.54. The smallest absolute Gasteiger partial charge is 0.247 e. The number of nitrogens with zero attached hydrogens (tertiary/aromatic N) is 1. The van der Waals surface area contributed by atoms with Crippen molar-refractivity contribution in [1.29, 1.82) is 0 Å². The second kappa shape index (κ2) is 6.70. The highest BCUT2D eigenvalue weighted by Gasteiger charge is 2.41. The van der Waals surface area contributed by atoms with Crippen LogP contribution in [0.4, 0.5) is 0 Å². The van der Waals surface area contributed by atoms with Gasteiger partial charge in [0.1, 0.15) is 0 Å². The Labute approximate surface area is 122 Å². The Bertz CT molecular complexity index is 369. The minimum atomic E-state index is -0.290. The summed E-state index contributed by atoms with van der Waals surface area (Å²) < 4.78 is 0. The van der Waals surface area contributed by atoms with Crippen LogP contribution in [-0.2, 0) is 9.59 Å².